The molecule has 0 aliphatic carbocycles. The number of thiophene rings is 1. The van der Waals surface area contributed by atoms with Crippen LogP contribution in [0.2, 0.25) is 0 Å². The van der Waals surface area contributed by atoms with E-state index in [9.17, 15) is 4.79 Å². The van der Waals surface area contributed by atoms with Gasteiger partial charge in [-0.1, -0.05) is 30.0 Å². The number of hydrogen-bond donors (Lipinski definition) is 1. The van der Waals surface area contributed by atoms with Crippen LogP contribution in [-0.2, 0) is 24.3 Å². The molecule has 3 aromatic rings. The van der Waals surface area contributed by atoms with E-state index in [1.54, 1.807) is 24.8 Å². The van der Waals surface area contributed by atoms with Gasteiger partial charge < -0.3 is 14.6 Å². The lowest BCUT2D eigenvalue weighted by Gasteiger charge is -2.07. The van der Waals surface area contributed by atoms with E-state index in [2.05, 4.69) is 33.0 Å². The summed E-state index contributed by atoms with van der Waals surface area (Å²) in [6, 6.07) is 11.8. The summed E-state index contributed by atoms with van der Waals surface area (Å²) in [6.45, 7) is 1.30. The fourth-order valence-electron chi connectivity index (χ4n) is 2.32. The SMILES string of the molecule is COc1ccc(CNC(=O)CSc2nncn2CCc2cccs2)cc1. The van der Waals surface area contributed by atoms with Crippen molar-refractivity contribution in [1.29, 1.82) is 0 Å². The first-order valence-corrected chi connectivity index (χ1v) is 10.0. The Kier molecular flexibility index (Phi) is 6.68. The van der Waals surface area contributed by atoms with E-state index in [1.807, 2.05) is 28.8 Å². The minimum atomic E-state index is -0.0291. The second-order valence-electron chi connectivity index (χ2n) is 5.55. The molecular formula is C18H20N4O2S2. The van der Waals surface area contributed by atoms with Crippen LogP contribution in [0, 0.1) is 0 Å². The summed E-state index contributed by atoms with van der Waals surface area (Å²) in [7, 11) is 1.63. The highest BCUT2D eigenvalue weighted by Crippen LogP contribution is 2.17. The molecule has 0 fully saturated rings. The van der Waals surface area contributed by atoms with Crippen LogP contribution in [0.1, 0.15) is 10.4 Å². The normalized spacial score (nSPS) is 10.7. The molecular weight excluding hydrogens is 368 g/mol. The van der Waals surface area contributed by atoms with Gasteiger partial charge in [0.25, 0.3) is 0 Å². The Morgan fingerprint density at radius 3 is 2.88 bits per heavy atom. The van der Waals surface area contributed by atoms with Gasteiger partial charge in [-0.15, -0.1) is 21.5 Å². The van der Waals surface area contributed by atoms with Crippen LogP contribution in [0.4, 0.5) is 0 Å². The number of nitrogens with one attached hydrogen (secondary N) is 1. The van der Waals surface area contributed by atoms with E-state index in [4.69, 9.17) is 4.74 Å². The topological polar surface area (TPSA) is 69.0 Å². The molecule has 2 aromatic heterocycles. The van der Waals surface area contributed by atoms with E-state index in [0.29, 0.717) is 12.3 Å². The van der Waals surface area contributed by atoms with Crippen LogP contribution >= 0.6 is 23.1 Å². The molecule has 0 atom stereocenters. The van der Waals surface area contributed by atoms with Crippen molar-refractivity contribution in [3.8, 4) is 5.75 Å². The Morgan fingerprint density at radius 2 is 2.15 bits per heavy atom. The summed E-state index contributed by atoms with van der Waals surface area (Å²) in [5.74, 6) is 1.09. The number of hydrogen-bond acceptors (Lipinski definition) is 6. The molecule has 2 heterocycles. The van der Waals surface area contributed by atoms with Gasteiger partial charge in [0, 0.05) is 18.0 Å². The van der Waals surface area contributed by atoms with E-state index in [1.165, 1.54) is 16.6 Å². The average Bonchev–Trinajstić information content (AvgIpc) is 3.35. The van der Waals surface area contributed by atoms with Crippen LogP contribution in [0.15, 0.2) is 53.3 Å². The number of aromatic nitrogens is 3. The van der Waals surface area contributed by atoms with Crippen molar-refractivity contribution in [2.45, 2.75) is 24.7 Å². The Hall–Kier alpha value is -2.32. The monoisotopic (exact) mass is 388 g/mol. The van der Waals surface area contributed by atoms with E-state index >= 15 is 0 Å². The molecule has 0 saturated carbocycles. The number of methoxy groups -OCH3 is 1. The van der Waals surface area contributed by atoms with E-state index < -0.39 is 0 Å². The highest BCUT2D eigenvalue weighted by atomic mass is 32.2. The quantitative estimate of drug-likeness (QED) is 0.571. The molecule has 0 aliphatic rings. The Balaban J connectivity index is 1.43. The minimum Gasteiger partial charge on any atom is -0.497 e. The second-order valence-corrected chi connectivity index (χ2v) is 7.52. The lowest BCUT2D eigenvalue weighted by Crippen LogP contribution is -2.24. The molecule has 26 heavy (non-hydrogen) atoms. The van der Waals surface area contributed by atoms with Crippen LogP contribution in [0.5, 0.6) is 5.75 Å². The first kappa shape index (κ1) is 18.5. The third kappa shape index (κ3) is 5.34. The van der Waals surface area contributed by atoms with Crippen LogP contribution in [0.25, 0.3) is 0 Å². The van der Waals surface area contributed by atoms with Crippen molar-refractivity contribution >= 4 is 29.0 Å². The number of carbonyl (C=O) groups is 1. The lowest BCUT2D eigenvalue weighted by molar-refractivity contribution is -0.118. The molecule has 6 nitrogen and oxygen atoms in total. The molecule has 0 unspecified atom stereocenters. The van der Waals surface area contributed by atoms with Gasteiger partial charge in [0.05, 0.1) is 12.9 Å². The van der Waals surface area contributed by atoms with E-state index in [0.717, 1.165) is 29.4 Å². The number of aryl methyl sites for hydroxylation is 2. The number of nitrogens with zero attached hydrogens (tertiary/aromatic N) is 3. The summed E-state index contributed by atoms with van der Waals surface area (Å²) in [4.78, 5) is 13.4. The lowest BCUT2D eigenvalue weighted by atomic mass is 10.2. The summed E-state index contributed by atoms with van der Waals surface area (Å²) in [6.07, 6.45) is 2.65. The molecule has 3 rings (SSSR count). The van der Waals surface area contributed by atoms with E-state index in [-0.39, 0.29) is 5.91 Å². The zero-order valence-corrected chi connectivity index (χ0v) is 16.1. The number of rotatable bonds is 9. The first-order valence-electron chi connectivity index (χ1n) is 8.17. The van der Waals surface area contributed by atoms with Gasteiger partial charge in [-0.3, -0.25) is 4.79 Å². The van der Waals surface area contributed by atoms with Crippen LogP contribution in [-0.4, -0.2) is 33.5 Å². The largest absolute Gasteiger partial charge is 0.497 e. The highest BCUT2D eigenvalue weighted by molar-refractivity contribution is 7.99. The maximum Gasteiger partial charge on any atom is 0.230 e. The zero-order chi connectivity index (χ0) is 18.2. The fourth-order valence-corrected chi connectivity index (χ4v) is 3.79. The molecule has 0 bridgehead atoms. The van der Waals surface area contributed by atoms with Gasteiger partial charge in [0.15, 0.2) is 5.16 Å². The number of ether oxygens (including phenoxy) is 1. The highest BCUT2D eigenvalue weighted by Gasteiger charge is 2.09. The third-order valence-electron chi connectivity index (χ3n) is 3.74. The number of carbonyl (C=O) groups excluding carboxylic acids is 1. The van der Waals surface area contributed by atoms with Crippen LogP contribution < -0.4 is 10.1 Å². The molecule has 8 heteroatoms. The molecule has 1 N–H and O–H groups in total. The summed E-state index contributed by atoms with van der Waals surface area (Å²) in [5, 5.41) is 13.8. The van der Waals surface area contributed by atoms with Crippen molar-refractivity contribution in [1.82, 2.24) is 20.1 Å². The van der Waals surface area contributed by atoms with Crippen molar-refractivity contribution < 1.29 is 9.53 Å². The average molecular weight is 389 g/mol. The molecule has 1 amide bonds. The molecule has 0 aliphatic heterocycles. The maximum atomic E-state index is 12.1. The zero-order valence-electron chi connectivity index (χ0n) is 14.4. The Labute approximate surface area is 160 Å². The first-order chi connectivity index (χ1) is 12.7. The molecule has 0 saturated heterocycles. The standard InChI is InChI=1S/C18H20N4O2S2/c1-24-15-6-4-14(5-7-15)11-19-17(23)12-26-18-21-20-13-22(18)9-8-16-3-2-10-25-16/h2-7,10,13H,8-9,11-12H2,1H3,(H,19,23). The minimum absolute atomic E-state index is 0.0291. The molecule has 1 aromatic carbocycles. The predicted molar refractivity (Wildman–Crippen MR) is 104 cm³/mol. The van der Waals surface area contributed by atoms with Gasteiger partial charge >= 0.3 is 0 Å². The number of thioether (sulfide) groups is 1. The van der Waals surface area contributed by atoms with Crippen molar-refractivity contribution in [2.24, 2.45) is 0 Å². The molecule has 0 spiro atoms. The summed E-state index contributed by atoms with van der Waals surface area (Å²) in [5.41, 5.74) is 1.03. The van der Waals surface area contributed by atoms with Crippen LogP contribution in [0.3, 0.4) is 0 Å². The van der Waals surface area contributed by atoms with Gasteiger partial charge in [-0.2, -0.15) is 0 Å². The van der Waals surface area contributed by atoms with Gasteiger partial charge in [0.1, 0.15) is 12.1 Å². The third-order valence-corrected chi connectivity index (χ3v) is 5.66. The Morgan fingerprint density at radius 1 is 1.31 bits per heavy atom. The van der Waals surface area contributed by atoms with Gasteiger partial charge in [-0.05, 0) is 35.6 Å². The maximum absolute atomic E-state index is 12.1. The number of amides is 1. The van der Waals surface area contributed by atoms with Crippen molar-refractivity contribution in [3.63, 3.8) is 0 Å². The number of benzene rings is 1. The molecule has 136 valence electrons. The van der Waals surface area contributed by atoms with Gasteiger partial charge in [0.2, 0.25) is 5.91 Å². The smallest absolute Gasteiger partial charge is 0.230 e. The van der Waals surface area contributed by atoms with Gasteiger partial charge in [-0.25, -0.2) is 0 Å². The Bertz CT molecular complexity index is 816. The fraction of sp³-hybridized carbons (Fsp3) is 0.278. The van der Waals surface area contributed by atoms with Crippen molar-refractivity contribution in [2.75, 3.05) is 12.9 Å². The second kappa shape index (κ2) is 9.40. The molecule has 0 radical (unpaired) electrons. The summed E-state index contributed by atoms with van der Waals surface area (Å²) < 4.78 is 7.11. The van der Waals surface area contributed by atoms with Crippen molar-refractivity contribution in [3.05, 3.63) is 58.5 Å². The predicted octanol–water partition coefficient (Wildman–Crippen LogP) is 3.00. The summed E-state index contributed by atoms with van der Waals surface area (Å²) >= 11 is 3.14.